The Balaban J connectivity index is 2.03. The number of hydrogen-bond donors (Lipinski definition) is 0. The van der Waals surface area contributed by atoms with Crippen LogP contribution in [0.2, 0.25) is 0 Å². The SMILES string of the molecule is CN(CCC#N)Cc1nnc(-c2ccc(F)cc2)o1. The molecule has 1 aromatic heterocycles. The standard InChI is InChI=1S/C13H13FN4O/c1-18(8-2-7-15)9-12-16-17-13(19-12)10-3-5-11(14)6-4-10/h3-6H,2,8-9H2,1H3. The third kappa shape index (κ3) is 3.60. The molecule has 0 aliphatic rings. The molecule has 2 aromatic rings. The zero-order valence-corrected chi connectivity index (χ0v) is 10.5. The van der Waals surface area contributed by atoms with E-state index in [0.29, 0.717) is 36.9 Å². The highest BCUT2D eigenvalue weighted by Crippen LogP contribution is 2.18. The van der Waals surface area contributed by atoms with E-state index in [1.165, 1.54) is 12.1 Å². The minimum absolute atomic E-state index is 0.306. The first-order valence-electron chi connectivity index (χ1n) is 5.83. The maximum atomic E-state index is 12.8. The van der Waals surface area contributed by atoms with Crippen LogP contribution in [-0.4, -0.2) is 28.7 Å². The summed E-state index contributed by atoms with van der Waals surface area (Å²) in [6.45, 7) is 1.13. The van der Waals surface area contributed by atoms with Crippen LogP contribution >= 0.6 is 0 Å². The number of aromatic nitrogens is 2. The van der Waals surface area contributed by atoms with E-state index < -0.39 is 0 Å². The normalized spacial score (nSPS) is 10.6. The molecule has 0 fully saturated rings. The van der Waals surface area contributed by atoms with E-state index in [4.69, 9.17) is 9.68 Å². The third-order valence-corrected chi connectivity index (χ3v) is 2.57. The number of hydrogen-bond acceptors (Lipinski definition) is 5. The number of benzene rings is 1. The van der Waals surface area contributed by atoms with Gasteiger partial charge in [-0.25, -0.2) is 4.39 Å². The molecule has 0 spiro atoms. The summed E-state index contributed by atoms with van der Waals surface area (Å²) in [6.07, 6.45) is 0.454. The highest BCUT2D eigenvalue weighted by molar-refractivity contribution is 5.51. The van der Waals surface area contributed by atoms with E-state index in [1.54, 1.807) is 12.1 Å². The lowest BCUT2D eigenvalue weighted by Gasteiger charge is -2.10. The fraction of sp³-hybridized carbons (Fsp3) is 0.308. The fourth-order valence-corrected chi connectivity index (χ4v) is 1.58. The Hall–Kier alpha value is -2.26. The highest BCUT2D eigenvalue weighted by atomic mass is 19.1. The lowest BCUT2D eigenvalue weighted by atomic mass is 10.2. The molecule has 0 atom stereocenters. The number of nitrogens with zero attached hydrogens (tertiary/aromatic N) is 4. The number of halogens is 1. The zero-order chi connectivity index (χ0) is 13.7. The van der Waals surface area contributed by atoms with E-state index >= 15 is 0 Å². The highest BCUT2D eigenvalue weighted by Gasteiger charge is 2.10. The summed E-state index contributed by atoms with van der Waals surface area (Å²) < 4.78 is 18.3. The molecule has 0 radical (unpaired) electrons. The van der Waals surface area contributed by atoms with Gasteiger partial charge in [-0.1, -0.05) is 0 Å². The van der Waals surface area contributed by atoms with Gasteiger partial charge < -0.3 is 4.42 Å². The van der Waals surface area contributed by atoms with Gasteiger partial charge in [0, 0.05) is 18.5 Å². The fourth-order valence-electron chi connectivity index (χ4n) is 1.58. The third-order valence-electron chi connectivity index (χ3n) is 2.57. The second-order valence-corrected chi connectivity index (χ2v) is 4.15. The summed E-state index contributed by atoms with van der Waals surface area (Å²) in [5.74, 6) is 0.531. The molecule has 0 amide bonds. The maximum absolute atomic E-state index is 12.8. The van der Waals surface area contributed by atoms with Gasteiger partial charge in [0.15, 0.2) is 0 Å². The minimum Gasteiger partial charge on any atom is -0.419 e. The first-order valence-corrected chi connectivity index (χ1v) is 5.83. The molecule has 1 heterocycles. The Morgan fingerprint density at radius 1 is 1.32 bits per heavy atom. The smallest absolute Gasteiger partial charge is 0.247 e. The Kier molecular flexibility index (Phi) is 4.21. The van der Waals surface area contributed by atoms with Crippen LogP contribution in [0.4, 0.5) is 4.39 Å². The minimum atomic E-state index is -0.306. The Bertz CT molecular complexity index is 573. The molecule has 19 heavy (non-hydrogen) atoms. The molecular formula is C13H13FN4O. The van der Waals surface area contributed by atoms with Crippen LogP contribution in [0.25, 0.3) is 11.5 Å². The average molecular weight is 260 g/mol. The molecule has 5 nitrogen and oxygen atoms in total. The van der Waals surface area contributed by atoms with E-state index in [9.17, 15) is 4.39 Å². The van der Waals surface area contributed by atoms with Gasteiger partial charge in [0.25, 0.3) is 0 Å². The van der Waals surface area contributed by atoms with Crippen LogP contribution < -0.4 is 0 Å². The molecule has 0 aliphatic carbocycles. The molecular weight excluding hydrogens is 247 g/mol. The summed E-state index contributed by atoms with van der Waals surface area (Å²) in [6, 6.07) is 7.95. The van der Waals surface area contributed by atoms with Crippen molar-refractivity contribution in [2.75, 3.05) is 13.6 Å². The van der Waals surface area contributed by atoms with Crippen LogP contribution in [0.3, 0.4) is 0 Å². The van der Waals surface area contributed by atoms with E-state index in [1.807, 2.05) is 11.9 Å². The predicted molar refractivity (Wildman–Crippen MR) is 66.3 cm³/mol. The molecule has 0 aliphatic heterocycles. The quantitative estimate of drug-likeness (QED) is 0.824. The van der Waals surface area contributed by atoms with E-state index in [-0.39, 0.29) is 5.82 Å². The first kappa shape index (κ1) is 13.2. The summed E-state index contributed by atoms with van der Waals surface area (Å²) in [5.41, 5.74) is 0.680. The number of rotatable bonds is 5. The van der Waals surface area contributed by atoms with Gasteiger partial charge >= 0.3 is 0 Å². The van der Waals surface area contributed by atoms with Crippen molar-refractivity contribution in [3.8, 4) is 17.5 Å². The summed E-state index contributed by atoms with van der Waals surface area (Å²) in [7, 11) is 1.87. The number of nitriles is 1. The first-order chi connectivity index (χ1) is 9.19. The van der Waals surface area contributed by atoms with Crippen molar-refractivity contribution in [2.24, 2.45) is 0 Å². The van der Waals surface area contributed by atoms with Crippen molar-refractivity contribution in [1.82, 2.24) is 15.1 Å². The lowest BCUT2D eigenvalue weighted by Crippen LogP contribution is -2.18. The van der Waals surface area contributed by atoms with Crippen molar-refractivity contribution in [3.05, 3.63) is 36.0 Å². The van der Waals surface area contributed by atoms with Crippen LogP contribution in [0.1, 0.15) is 12.3 Å². The Morgan fingerprint density at radius 3 is 2.74 bits per heavy atom. The van der Waals surface area contributed by atoms with Crippen molar-refractivity contribution >= 4 is 0 Å². The van der Waals surface area contributed by atoms with Gasteiger partial charge in [-0.3, -0.25) is 4.90 Å². The average Bonchev–Trinajstić information content (AvgIpc) is 2.85. The summed E-state index contributed by atoms with van der Waals surface area (Å²) >= 11 is 0. The van der Waals surface area contributed by atoms with Gasteiger partial charge in [-0.05, 0) is 31.3 Å². The predicted octanol–water partition coefficient (Wildman–Crippen LogP) is 2.22. The molecule has 0 N–H and O–H groups in total. The molecule has 2 rings (SSSR count). The zero-order valence-electron chi connectivity index (χ0n) is 10.5. The Labute approximate surface area is 110 Å². The molecule has 98 valence electrons. The molecule has 0 saturated carbocycles. The van der Waals surface area contributed by atoms with Gasteiger partial charge in [0.2, 0.25) is 11.8 Å². The summed E-state index contributed by atoms with van der Waals surface area (Å²) in [5, 5.41) is 16.3. The Morgan fingerprint density at radius 2 is 2.05 bits per heavy atom. The second-order valence-electron chi connectivity index (χ2n) is 4.15. The topological polar surface area (TPSA) is 66.0 Å². The van der Waals surface area contributed by atoms with Gasteiger partial charge in [-0.15, -0.1) is 10.2 Å². The van der Waals surface area contributed by atoms with Crippen molar-refractivity contribution in [2.45, 2.75) is 13.0 Å². The van der Waals surface area contributed by atoms with E-state index in [0.717, 1.165) is 0 Å². The second kappa shape index (κ2) is 6.07. The monoisotopic (exact) mass is 260 g/mol. The maximum Gasteiger partial charge on any atom is 0.247 e. The molecule has 1 aromatic carbocycles. The summed E-state index contributed by atoms with van der Waals surface area (Å²) in [4.78, 5) is 1.92. The molecule has 0 unspecified atom stereocenters. The van der Waals surface area contributed by atoms with Crippen molar-refractivity contribution < 1.29 is 8.81 Å². The van der Waals surface area contributed by atoms with Gasteiger partial charge in [-0.2, -0.15) is 5.26 Å². The van der Waals surface area contributed by atoms with Gasteiger partial charge in [0.05, 0.1) is 12.6 Å². The van der Waals surface area contributed by atoms with Crippen molar-refractivity contribution in [1.29, 1.82) is 5.26 Å². The van der Waals surface area contributed by atoms with E-state index in [2.05, 4.69) is 16.3 Å². The van der Waals surface area contributed by atoms with Crippen molar-refractivity contribution in [3.63, 3.8) is 0 Å². The lowest BCUT2D eigenvalue weighted by molar-refractivity contribution is 0.296. The van der Waals surface area contributed by atoms with Crippen LogP contribution in [0, 0.1) is 17.1 Å². The van der Waals surface area contributed by atoms with Crippen LogP contribution in [-0.2, 0) is 6.54 Å². The molecule has 0 saturated heterocycles. The van der Waals surface area contributed by atoms with Crippen LogP contribution in [0.15, 0.2) is 28.7 Å². The van der Waals surface area contributed by atoms with Gasteiger partial charge in [0.1, 0.15) is 5.82 Å². The van der Waals surface area contributed by atoms with Crippen LogP contribution in [0.5, 0.6) is 0 Å². The molecule has 6 heteroatoms. The molecule has 0 bridgehead atoms. The largest absolute Gasteiger partial charge is 0.419 e.